The lowest BCUT2D eigenvalue weighted by molar-refractivity contribution is 0.627. The number of pyridine rings is 2. The van der Waals surface area contributed by atoms with Gasteiger partial charge in [0, 0.05) is 35.0 Å². The summed E-state index contributed by atoms with van der Waals surface area (Å²) in [5, 5.41) is 10.1. The molecule has 142 valence electrons. The molecule has 1 N–H and O–H groups in total. The van der Waals surface area contributed by atoms with Crippen molar-refractivity contribution >= 4 is 22.1 Å². The molecule has 0 fully saturated rings. The highest BCUT2D eigenvalue weighted by Crippen LogP contribution is 2.33. The van der Waals surface area contributed by atoms with Crippen molar-refractivity contribution < 1.29 is 4.39 Å². The highest BCUT2D eigenvalue weighted by molar-refractivity contribution is 5.89. The Morgan fingerprint density at radius 1 is 1.00 bits per heavy atom. The summed E-state index contributed by atoms with van der Waals surface area (Å²) in [6.45, 7) is 0. The minimum Gasteiger partial charge on any atom is -0.345 e. The third-order valence-corrected chi connectivity index (χ3v) is 4.83. The third-order valence-electron chi connectivity index (χ3n) is 4.83. The van der Waals surface area contributed by atoms with Crippen molar-refractivity contribution in [3.05, 3.63) is 88.6 Å². The zero-order valence-electron chi connectivity index (χ0n) is 15.4. The minimum atomic E-state index is -0.685. The van der Waals surface area contributed by atoms with E-state index in [-0.39, 0.29) is 33.4 Å². The predicted molar refractivity (Wildman–Crippen MR) is 111 cm³/mol. The molecule has 0 saturated heterocycles. The smallest absolute Gasteiger partial charge is 0.209 e. The molecule has 0 unspecified atom stereocenters. The van der Waals surface area contributed by atoms with Crippen LogP contribution in [-0.2, 0) is 0 Å². The lowest BCUT2D eigenvalue weighted by Gasteiger charge is -2.12. The summed E-state index contributed by atoms with van der Waals surface area (Å²) in [6.07, 6.45) is 3.16. The van der Waals surface area contributed by atoms with Gasteiger partial charge in [-0.15, -0.1) is 0 Å². The molecule has 7 heteroatoms. The quantitative estimate of drug-likeness (QED) is 0.485. The van der Waals surface area contributed by atoms with E-state index in [1.807, 2.05) is 30.3 Å². The molecule has 3 heterocycles. The number of aromatic nitrogens is 4. The zero-order valence-corrected chi connectivity index (χ0v) is 15.4. The summed E-state index contributed by atoms with van der Waals surface area (Å²) >= 11 is 0. The molecule has 5 rings (SSSR count). The summed E-state index contributed by atoms with van der Waals surface area (Å²) in [6, 6.07) is 17.0. The number of hydrogen-bond acceptors (Lipinski definition) is 5. The second-order valence-electron chi connectivity index (χ2n) is 6.65. The van der Waals surface area contributed by atoms with Crippen LogP contribution in [-0.4, -0.2) is 19.9 Å². The van der Waals surface area contributed by atoms with Crippen LogP contribution in [0.3, 0.4) is 0 Å². The fourth-order valence-electron chi connectivity index (χ4n) is 3.40. The topological polar surface area (TPSA) is 95.3 Å². The minimum absolute atomic E-state index is 0.0930. The molecule has 0 atom stereocenters. The average Bonchev–Trinajstić information content (AvgIpc) is 2.78. The number of aromatic amines is 1. The molecule has 0 bridgehead atoms. The second-order valence-corrected chi connectivity index (χ2v) is 6.65. The van der Waals surface area contributed by atoms with Crippen LogP contribution in [0.5, 0.6) is 0 Å². The Hall–Kier alpha value is -4.44. The molecular weight excluding hydrogens is 381 g/mol. The predicted octanol–water partition coefficient (Wildman–Crippen LogP) is 4.21. The van der Waals surface area contributed by atoms with Gasteiger partial charge in [-0.3, -0.25) is 9.78 Å². The molecule has 0 amide bonds. The number of hydrogen-bond donors (Lipinski definition) is 1. The van der Waals surface area contributed by atoms with E-state index in [4.69, 9.17) is 0 Å². The summed E-state index contributed by atoms with van der Waals surface area (Å²) in [5.74, 6) is -0.685. The van der Waals surface area contributed by atoms with Crippen LogP contribution in [0.4, 0.5) is 4.39 Å². The molecule has 0 aliphatic heterocycles. The molecule has 0 saturated carbocycles. The van der Waals surface area contributed by atoms with Gasteiger partial charge in [-0.2, -0.15) is 5.26 Å². The van der Waals surface area contributed by atoms with Crippen molar-refractivity contribution in [2.75, 3.05) is 0 Å². The molecule has 6 nitrogen and oxygen atoms in total. The highest BCUT2D eigenvalue weighted by atomic mass is 19.1. The third kappa shape index (κ3) is 2.79. The van der Waals surface area contributed by atoms with Crippen LogP contribution >= 0.6 is 0 Å². The Bertz CT molecular complexity index is 1550. The van der Waals surface area contributed by atoms with E-state index in [0.29, 0.717) is 11.3 Å². The van der Waals surface area contributed by atoms with E-state index in [1.165, 1.54) is 18.3 Å². The van der Waals surface area contributed by atoms with Crippen LogP contribution in [0.25, 0.3) is 44.6 Å². The van der Waals surface area contributed by atoms with Gasteiger partial charge in [0.1, 0.15) is 17.6 Å². The van der Waals surface area contributed by atoms with Gasteiger partial charge >= 0.3 is 0 Å². The van der Waals surface area contributed by atoms with Crippen molar-refractivity contribution in [1.29, 1.82) is 5.26 Å². The standard InChI is InChI=1S/C23H12FN5O/c24-19-15(12-25)3-1-5-16(19)21-20(28-22-18(30)8-10-27-23(22)29-21)14-6-7-17-13(11-14)4-2-9-26-17/h1-11H,(H,27,29,30). The summed E-state index contributed by atoms with van der Waals surface area (Å²) in [7, 11) is 0. The van der Waals surface area contributed by atoms with E-state index in [0.717, 1.165) is 10.9 Å². The van der Waals surface area contributed by atoms with Crippen LogP contribution in [0.2, 0.25) is 0 Å². The first-order valence-corrected chi connectivity index (χ1v) is 9.09. The summed E-state index contributed by atoms with van der Waals surface area (Å²) < 4.78 is 15.0. The summed E-state index contributed by atoms with van der Waals surface area (Å²) in [4.78, 5) is 28.6. The lowest BCUT2D eigenvalue weighted by atomic mass is 10.0. The lowest BCUT2D eigenvalue weighted by Crippen LogP contribution is -2.07. The normalized spacial score (nSPS) is 10.9. The van der Waals surface area contributed by atoms with Gasteiger partial charge in [-0.25, -0.2) is 14.4 Å². The van der Waals surface area contributed by atoms with Crippen molar-refractivity contribution in [3.63, 3.8) is 0 Å². The van der Waals surface area contributed by atoms with Gasteiger partial charge in [0.05, 0.1) is 16.8 Å². The summed E-state index contributed by atoms with van der Waals surface area (Å²) in [5.41, 5.74) is 2.18. The van der Waals surface area contributed by atoms with E-state index in [2.05, 4.69) is 19.9 Å². The molecule has 0 aliphatic rings. The molecule has 3 aromatic heterocycles. The fraction of sp³-hybridized carbons (Fsp3) is 0. The first-order valence-electron chi connectivity index (χ1n) is 9.09. The molecule has 0 aliphatic carbocycles. The van der Waals surface area contributed by atoms with Crippen molar-refractivity contribution in [2.24, 2.45) is 0 Å². The van der Waals surface area contributed by atoms with Crippen LogP contribution in [0.1, 0.15) is 5.56 Å². The Morgan fingerprint density at radius 3 is 2.77 bits per heavy atom. The van der Waals surface area contributed by atoms with E-state index >= 15 is 4.39 Å². The Labute approximate surface area is 169 Å². The maximum Gasteiger partial charge on any atom is 0.209 e. The number of nitrogens with zero attached hydrogens (tertiary/aromatic N) is 4. The number of nitriles is 1. The van der Waals surface area contributed by atoms with Crippen molar-refractivity contribution in [3.8, 4) is 28.6 Å². The Morgan fingerprint density at radius 2 is 1.90 bits per heavy atom. The fourth-order valence-corrected chi connectivity index (χ4v) is 3.40. The SMILES string of the molecule is N#Cc1cccc(-c2nc3[nH]ccc(=O)c3nc2-c2ccc3ncccc3c2)c1F. The van der Waals surface area contributed by atoms with Gasteiger partial charge in [0.15, 0.2) is 11.2 Å². The number of nitrogens with one attached hydrogen (secondary N) is 1. The van der Waals surface area contributed by atoms with Crippen molar-refractivity contribution in [2.45, 2.75) is 0 Å². The Kier molecular flexibility index (Phi) is 4.04. The van der Waals surface area contributed by atoms with Crippen LogP contribution < -0.4 is 5.43 Å². The molecule has 30 heavy (non-hydrogen) atoms. The first-order chi connectivity index (χ1) is 14.7. The van der Waals surface area contributed by atoms with Crippen molar-refractivity contribution in [1.82, 2.24) is 19.9 Å². The maximum absolute atomic E-state index is 15.0. The first kappa shape index (κ1) is 17.6. The highest BCUT2D eigenvalue weighted by Gasteiger charge is 2.19. The van der Waals surface area contributed by atoms with Crippen LogP contribution in [0, 0.1) is 17.1 Å². The second kappa shape index (κ2) is 6.87. The van der Waals surface area contributed by atoms with Gasteiger partial charge in [0.25, 0.3) is 0 Å². The Balaban J connectivity index is 1.88. The van der Waals surface area contributed by atoms with Gasteiger partial charge in [0.2, 0.25) is 5.43 Å². The van der Waals surface area contributed by atoms with E-state index < -0.39 is 5.82 Å². The zero-order chi connectivity index (χ0) is 20.7. The van der Waals surface area contributed by atoms with E-state index in [1.54, 1.807) is 24.4 Å². The molecular formula is C23H12FN5O. The maximum atomic E-state index is 15.0. The van der Waals surface area contributed by atoms with Gasteiger partial charge in [-0.05, 0) is 30.3 Å². The van der Waals surface area contributed by atoms with Gasteiger partial charge < -0.3 is 4.98 Å². The number of rotatable bonds is 2. The molecule has 5 aromatic rings. The monoisotopic (exact) mass is 393 g/mol. The number of halogens is 1. The molecule has 0 radical (unpaired) electrons. The number of H-pyrrole nitrogens is 1. The number of benzene rings is 2. The molecule has 2 aromatic carbocycles. The van der Waals surface area contributed by atoms with Crippen LogP contribution in [0.15, 0.2) is 71.8 Å². The number of fused-ring (bicyclic) bond motifs is 2. The van der Waals surface area contributed by atoms with Gasteiger partial charge in [-0.1, -0.05) is 18.2 Å². The largest absolute Gasteiger partial charge is 0.345 e. The molecule has 0 spiro atoms. The van der Waals surface area contributed by atoms with E-state index in [9.17, 15) is 10.1 Å². The average molecular weight is 393 g/mol.